The van der Waals surface area contributed by atoms with Gasteiger partial charge in [0.25, 0.3) is 0 Å². The molecule has 18 heavy (non-hydrogen) atoms. The SMILES string of the molecule is C/C=C(\Oc1ccc(F)c(C(F)(F)F)c1)C(=O)[O-]. The molecule has 1 rings (SSSR count). The van der Waals surface area contributed by atoms with Gasteiger partial charge in [-0.2, -0.15) is 13.2 Å². The maximum absolute atomic E-state index is 12.9. The second-order valence-electron chi connectivity index (χ2n) is 3.18. The fourth-order valence-corrected chi connectivity index (χ4v) is 1.13. The molecule has 0 N–H and O–H groups in total. The van der Waals surface area contributed by atoms with Crippen molar-refractivity contribution in [1.82, 2.24) is 0 Å². The van der Waals surface area contributed by atoms with Crippen molar-refractivity contribution >= 4 is 5.97 Å². The Hall–Kier alpha value is -2.05. The lowest BCUT2D eigenvalue weighted by Gasteiger charge is -2.13. The monoisotopic (exact) mass is 263 g/mol. The molecule has 7 heteroatoms. The molecule has 1 aromatic rings. The Morgan fingerprint density at radius 2 is 2.00 bits per heavy atom. The van der Waals surface area contributed by atoms with Crippen molar-refractivity contribution in [2.24, 2.45) is 0 Å². The number of carbonyl (C=O) groups excluding carboxylic acids is 1. The second kappa shape index (κ2) is 5.07. The number of carbonyl (C=O) groups is 1. The van der Waals surface area contributed by atoms with Gasteiger partial charge in [0.15, 0.2) is 0 Å². The molecule has 0 atom stereocenters. The Labute approximate surface area is 99.3 Å². The fraction of sp³-hybridized carbons (Fsp3) is 0.182. The zero-order valence-electron chi connectivity index (χ0n) is 9.05. The van der Waals surface area contributed by atoms with Crippen LogP contribution in [0.4, 0.5) is 17.6 Å². The molecular weight excluding hydrogens is 256 g/mol. The molecule has 0 saturated heterocycles. The van der Waals surface area contributed by atoms with E-state index in [1.807, 2.05) is 0 Å². The molecule has 0 aliphatic rings. The number of carboxylic acid groups (broad SMARTS) is 1. The maximum Gasteiger partial charge on any atom is 0.419 e. The van der Waals surface area contributed by atoms with Crippen molar-refractivity contribution in [3.63, 3.8) is 0 Å². The number of hydrogen-bond acceptors (Lipinski definition) is 3. The highest BCUT2D eigenvalue weighted by molar-refractivity contribution is 5.82. The number of rotatable bonds is 3. The van der Waals surface area contributed by atoms with Gasteiger partial charge in [0.05, 0.1) is 5.56 Å². The number of halogens is 4. The van der Waals surface area contributed by atoms with E-state index in [0.717, 1.165) is 12.1 Å². The summed E-state index contributed by atoms with van der Waals surface area (Å²) in [6.07, 6.45) is -3.88. The first-order valence-electron chi connectivity index (χ1n) is 4.68. The molecule has 0 saturated carbocycles. The van der Waals surface area contributed by atoms with Gasteiger partial charge in [-0.1, -0.05) is 0 Å². The Morgan fingerprint density at radius 1 is 1.39 bits per heavy atom. The van der Waals surface area contributed by atoms with Gasteiger partial charge in [0.2, 0.25) is 0 Å². The van der Waals surface area contributed by atoms with Gasteiger partial charge in [-0.25, -0.2) is 4.39 Å². The molecule has 0 aromatic heterocycles. The maximum atomic E-state index is 12.9. The Morgan fingerprint density at radius 3 is 2.44 bits per heavy atom. The average Bonchev–Trinajstić information content (AvgIpc) is 2.25. The van der Waals surface area contributed by atoms with Crippen LogP contribution in [0.25, 0.3) is 0 Å². The molecule has 0 fully saturated rings. The first-order valence-corrected chi connectivity index (χ1v) is 4.68. The zero-order chi connectivity index (χ0) is 13.9. The second-order valence-corrected chi connectivity index (χ2v) is 3.18. The zero-order valence-corrected chi connectivity index (χ0v) is 9.05. The summed E-state index contributed by atoms with van der Waals surface area (Å²) in [4.78, 5) is 10.5. The van der Waals surface area contributed by atoms with Crippen LogP contribution >= 0.6 is 0 Å². The molecule has 0 bridgehead atoms. The molecule has 0 heterocycles. The van der Waals surface area contributed by atoms with E-state index < -0.39 is 35.0 Å². The van der Waals surface area contributed by atoms with E-state index in [4.69, 9.17) is 0 Å². The number of alkyl halides is 3. The highest BCUT2D eigenvalue weighted by atomic mass is 19.4. The number of benzene rings is 1. The summed E-state index contributed by atoms with van der Waals surface area (Å²) in [5.41, 5.74) is -1.53. The highest BCUT2D eigenvalue weighted by Crippen LogP contribution is 2.33. The quantitative estimate of drug-likeness (QED) is 0.475. The lowest BCUT2D eigenvalue weighted by Crippen LogP contribution is -2.27. The molecule has 0 spiro atoms. The fourth-order valence-electron chi connectivity index (χ4n) is 1.13. The summed E-state index contributed by atoms with van der Waals surface area (Å²) < 4.78 is 54.7. The van der Waals surface area contributed by atoms with E-state index in [-0.39, 0.29) is 0 Å². The molecule has 0 radical (unpaired) electrons. The van der Waals surface area contributed by atoms with E-state index in [1.165, 1.54) is 6.92 Å². The largest absolute Gasteiger partial charge is 0.542 e. The highest BCUT2D eigenvalue weighted by Gasteiger charge is 2.34. The van der Waals surface area contributed by atoms with Crippen molar-refractivity contribution in [2.75, 3.05) is 0 Å². The van der Waals surface area contributed by atoms with Crippen molar-refractivity contribution in [3.8, 4) is 5.75 Å². The van der Waals surface area contributed by atoms with Crippen molar-refractivity contribution in [2.45, 2.75) is 13.1 Å². The predicted octanol–water partition coefficient (Wildman–Crippen LogP) is 1.88. The normalized spacial score (nSPS) is 12.4. The standard InChI is InChI=1S/C11H8F4O3/c1-2-9(10(16)17)18-6-3-4-8(12)7(5-6)11(13,14)15/h2-5H,1H3,(H,16,17)/p-1/b9-2-. The van der Waals surface area contributed by atoms with E-state index in [1.54, 1.807) is 0 Å². The van der Waals surface area contributed by atoms with Crippen LogP contribution in [-0.2, 0) is 11.0 Å². The van der Waals surface area contributed by atoms with Crippen LogP contribution in [0.1, 0.15) is 12.5 Å². The molecule has 0 aliphatic heterocycles. The lowest BCUT2D eigenvalue weighted by atomic mass is 10.2. The number of hydrogen-bond donors (Lipinski definition) is 0. The minimum absolute atomic E-state index is 0.377. The van der Waals surface area contributed by atoms with Crippen LogP contribution in [0, 0.1) is 5.82 Å². The van der Waals surface area contributed by atoms with Crippen LogP contribution in [0.2, 0.25) is 0 Å². The number of aliphatic carboxylic acids is 1. The van der Waals surface area contributed by atoms with Gasteiger partial charge in [0, 0.05) is 0 Å². The van der Waals surface area contributed by atoms with E-state index >= 15 is 0 Å². The topological polar surface area (TPSA) is 49.4 Å². The van der Waals surface area contributed by atoms with Gasteiger partial charge in [-0.05, 0) is 31.2 Å². The first-order chi connectivity index (χ1) is 8.25. The molecular formula is C11H7F4O3-. The Bertz CT molecular complexity index is 492. The predicted molar refractivity (Wildman–Crippen MR) is 50.8 cm³/mol. The van der Waals surface area contributed by atoms with Gasteiger partial charge in [0.1, 0.15) is 23.3 Å². The summed E-state index contributed by atoms with van der Waals surface area (Å²) in [7, 11) is 0. The van der Waals surface area contributed by atoms with Gasteiger partial charge < -0.3 is 14.6 Å². The van der Waals surface area contributed by atoms with Gasteiger partial charge in [-0.15, -0.1) is 0 Å². The van der Waals surface area contributed by atoms with Crippen LogP contribution in [0.5, 0.6) is 5.75 Å². The van der Waals surface area contributed by atoms with Crippen LogP contribution in [-0.4, -0.2) is 5.97 Å². The third-order valence-corrected chi connectivity index (χ3v) is 1.93. The van der Waals surface area contributed by atoms with E-state index in [2.05, 4.69) is 4.74 Å². The van der Waals surface area contributed by atoms with Crippen LogP contribution in [0.3, 0.4) is 0 Å². The Kier molecular flexibility index (Phi) is 3.95. The summed E-state index contributed by atoms with van der Waals surface area (Å²) in [5.74, 6) is -4.25. The van der Waals surface area contributed by atoms with Crippen molar-refractivity contribution in [1.29, 1.82) is 0 Å². The minimum atomic E-state index is -4.89. The number of carboxylic acids is 1. The summed E-state index contributed by atoms with van der Waals surface area (Å²) in [6.45, 7) is 1.30. The third kappa shape index (κ3) is 3.22. The van der Waals surface area contributed by atoms with E-state index in [0.29, 0.717) is 12.1 Å². The third-order valence-electron chi connectivity index (χ3n) is 1.93. The first kappa shape index (κ1) is 14.0. The number of ether oxygens (including phenoxy) is 1. The average molecular weight is 263 g/mol. The van der Waals surface area contributed by atoms with Gasteiger partial charge >= 0.3 is 6.18 Å². The lowest BCUT2D eigenvalue weighted by molar-refractivity contribution is -0.302. The molecule has 3 nitrogen and oxygen atoms in total. The smallest absolute Gasteiger partial charge is 0.419 e. The van der Waals surface area contributed by atoms with Crippen molar-refractivity contribution < 1.29 is 32.2 Å². The molecule has 1 aromatic carbocycles. The van der Waals surface area contributed by atoms with Crippen LogP contribution < -0.4 is 9.84 Å². The molecule has 0 amide bonds. The van der Waals surface area contributed by atoms with Crippen molar-refractivity contribution in [3.05, 3.63) is 41.4 Å². The Balaban J connectivity index is 3.10. The molecule has 0 aliphatic carbocycles. The number of allylic oxidation sites excluding steroid dienone is 1. The summed E-state index contributed by atoms with van der Waals surface area (Å²) in [5, 5.41) is 10.5. The molecule has 0 unspecified atom stereocenters. The summed E-state index contributed by atoms with van der Waals surface area (Å²) >= 11 is 0. The van der Waals surface area contributed by atoms with Crippen LogP contribution in [0.15, 0.2) is 30.0 Å². The van der Waals surface area contributed by atoms with Gasteiger partial charge in [-0.3, -0.25) is 0 Å². The minimum Gasteiger partial charge on any atom is -0.542 e. The van der Waals surface area contributed by atoms with E-state index in [9.17, 15) is 27.5 Å². The summed E-state index contributed by atoms with van der Waals surface area (Å²) in [6, 6.07) is 1.81. The molecule has 98 valence electrons.